The molecule has 0 atom stereocenters. The van der Waals surface area contributed by atoms with Crippen molar-refractivity contribution in [2.75, 3.05) is 32.3 Å². The lowest BCUT2D eigenvalue weighted by Crippen LogP contribution is -2.43. The molecule has 0 spiro atoms. The predicted octanol–water partition coefficient (Wildman–Crippen LogP) is 2.55. The van der Waals surface area contributed by atoms with E-state index in [0.717, 1.165) is 42.4 Å². The normalized spacial score (nSPS) is 16.7. The number of amides is 1. The van der Waals surface area contributed by atoms with Gasteiger partial charge in [0.15, 0.2) is 5.75 Å². The van der Waals surface area contributed by atoms with Gasteiger partial charge >= 0.3 is 0 Å². The van der Waals surface area contributed by atoms with Gasteiger partial charge in [-0.3, -0.25) is 19.4 Å². The lowest BCUT2D eigenvalue weighted by molar-refractivity contribution is -0.111. The SMILES string of the molecule is COc1cc(-c2ccc3c(n2)CN(c2cnn(CC4(C)COC4)c2)C3=O)cnc1OC. The van der Waals surface area contributed by atoms with Crippen molar-refractivity contribution in [3.05, 3.63) is 48.0 Å². The molecule has 9 heteroatoms. The van der Waals surface area contributed by atoms with Crippen LogP contribution in [0.25, 0.3) is 11.3 Å². The fraction of sp³-hybridized carbons (Fsp3) is 0.364. The van der Waals surface area contributed by atoms with E-state index in [4.69, 9.17) is 19.2 Å². The number of nitrogens with zero attached hydrogens (tertiary/aromatic N) is 5. The molecule has 31 heavy (non-hydrogen) atoms. The van der Waals surface area contributed by atoms with E-state index >= 15 is 0 Å². The van der Waals surface area contributed by atoms with Crippen molar-refractivity contribution in [1.82, 2.24) is 19.7 Å². The van der Waals surface area contributed by atoms with E-state index in [1.807, 2.05) is 29.1 Å². The highest BCUT2D eigenvalue weighted by atomic mass is 16.5. The third kappa shape index (κ3) is 3.40. The minimum absolute atomic E-state index is 0.0720. The maximum atomic E-state index is 13.0. The Morgan fingerprint density at radius 3 is 2.74 bits per heavy atom. The van der Waals surface area contributed by atoms with E-state index in [1.165, 1.54) is 0 Å². The number of pyridine rings is 2. The molecule has 0 N–H and O–H groups in total. The second kappa shape index (κ2) is 7.35. The average molecular weight is 421 g/mol. The van der Waals surface area contributed by atoms with Crippen LogP contribution in [0.3, 0.4) is 0 Å². The first-order valence-electron chi connectivity index (χ1n) is 10.00. The summed E-state index contributed by atoms with van der Waals surface area (Å²) in [4.78, 5) is 23.7. The predicted molar refractivity (Wildman–Crippen MR) is 112 cm³/mol. The Morgan fingerprint density at radius 2 is 2.03 bits per heavy atom. The molecule has 9 nitrogen and oxygen atoms in total. The summed E-state index contributed by atoms with van der Waals surface area (Å²) in [7, 11) is 3.11. The molecule has 1 saturated heterocycles. The van der Waals surface area contributed by atoms with Gasteiger partial charge in [-0.05, 0) is 18.2 Å². The zero-order chi connectivity index (χ0) is 21.6. The minimum Gasteiger partial charge on any atom is -0.491 e. The summed E-state index contributed by atoms with van der Waals surface area (Å²) in [5.74, 6) is 0.864. The van der Waals surface area contributed by atoms with Crippen molar-refractivity contribution in [1.29, 1.82) is 0 Å². The van der Waals surface area contributed by atoms with Crippen LogP contribution in [0.5, 0.6) is 11.6 Å². The van der Waals surface area contributed by atoms with E-state index in [1.54, 1.807) is 31.5 Å². The number of carbonyl (C=O) groups excluding carboxylic acids is 1. The highest BCUT2D eigenvalue weighted by Crippen LogP contribution is 2.33. The number of ether oxygens (including phenoxy) is 3. The molecule has 0 aliphatic carbocycles. The van der Waals surface area contributed by atoms with Crippen LogP contribution in [0.15, 0.2) is 36.8 Å². The van der Waals surface area contributed by atoms with Gasteiger partial charge < -0.3 is 14.2 Å². The molecule has 5 heterocycles. The van der Waals surface area contributed by atoms with Gasteiger partial charge in [0.2, 0.25) is 0 Å². The summed E-state index contributed by atoms with van der Waals surface area (Å²) in [6, 6.07) is 5.46. The Bertz CT molecular complexity index is 1150. The molecule has 1 amide bonds. The quantitative estimate of drug-likeness (QED) is 0.604. The topological polar surface area (TPSA) is 91.6 Å². The van der Waals surface area contributed by atoms with Crippen LogP contribution < -0.4 is 14.4 Å². The molecule has 3 aromatic rings. The van der Waals surface area contributed by atoms with Crippen LogP contribution in [-0.4, -0.2) is 53.1 Å². The average Bonchev–Trinajstić information content (AvgIpc) is 3.35. The van der Waals surface area contributed by atoms with Crippen LogP contribution in [0, 0.1) is 5.41 Å². The monoisotopic (exact) mass is 421 g/mol. The standard InChI is InChI=1S/C22H23N5O4/c1-22(12-31-13-22)11-26-9-15(8-24-26)27-10-18-16(21(27)28)4-5-17(25-18)14-6-19(29-2)20(30-3)23-7-14/h4-9H,10-13H2,1-3H3. The minimum atomic E-state index is -0.0720. The molecule has 0 radical (unpaired) electrons. The third-order valence-corrected chi connectivity index (χ3v) is 5.66. The maximum Gasteiger partial charge on any atom is 0.260 e. The number of carbonyl (C=O) groups is 1. The zero-order valence-electron chi connectivity index (χ0n) is 17.7. The fourth-order valence-electron chi connectivity index (χ4n) is 3.94. The molecular weight excluding hydrogens is 398 g/mol. The van der Waals surface area contributed by atoms with Crippen molar-refractivity contribution in [3.8, 4) is 22.9 Å². The zero-order valence-corrected chi connectivity index (χ0v) is 17.7. The first kappa shape index (κ1) is 19.5. The summed E-state index contributed by atoms with van der Waals surface area (Å²) >= 11 is 0. The summed E-state index contributed by atoms with van der Waals surface area (Å²) in [6.07, 6.45) is 5.32. The highest BCUT2D eigenvalue weighted by Gasteiger charge is 2.35. The van der Waals surface area contributed by atoms with Crippen LogP contribution in [-0.2, 0) is 17.8 Å². The van der Waals surface area contributed by atoms with Gasteiger partial charge in [-0.1, -0.05) is 6.92 Å². The van der Waals surface area contributed by atoms with Crippen LogP contribution in [0.1, 0.15) is 23.0 Å². The number of rotatable bonds is 6. The summed E-state index contributed by atoms with van der Waals surface area (Å²) < 4.78 is 17.7. The van der Waals surface area contributed by atoms with Crippen molar-refractivity contribution in [3.63, 3.8) is 0 Å². The van der Waals surface area contributed by atoms with E-state index in [2.05, 4.69) is 17.0 Å². The van der Waals surface area contributed by atoms with Crippen molar-refractivity contribution in [2.45, 2.75) is 20.0 Å². The van der Waals surface area contributed by atoms with Gasteiger partial charge in [-0.2, -0.15) is 5.10 Å². The Labute approximate surface area is 179 Å². The second-order valence-electron chi connectivity index (χ2n) is 8.22. The van der Waals surface area contributed by atoms with E-state index in [9.17, 15) is 4.79 Å². The maximum absolute atomic E-state index is 13.0. The Morgan fingerprint density at radius 1 is 1.19 bits per heavy atom. The van der Waals surface area contributed by atoms with Crippen LogP contribution in [0.4, 0.5) is 5.69 Å². The van der Waals surface area contributed by atoms with Crippen molar-refractivity contribution < 1.29 is 19.0 Å². The molecule has 0 unspecified atom stereocenters. The van der Waals surface area contributed by atoms with Gasteiger partial charge in [-0.25, -0.2) is 4.98 Å². The van der Waals surface area contributed by atoms with Crippen LogP contribution >= 0.6 is 0 Å². The smallest absolute Gasteiger partial charge is 0.260 e. The van der Waals surface area contributed by atoms with E-state index in [0.29, 0.717) is 23.7 Å². The van der Waals surface area contributed by atoms with E-state index in [-0.39, 0.29) is 11.3 Å². The highest BCUT2D eigenvalue weighted by molar-refractivity contribution is 6.09. The summed E-state index contributed by atoms with van der Waals surface area (Å²) in [6.45, 7) is 4.79. The molecular formula is C22H23N5O4. The van der Waals surface area contributed by atoms with Gasteiger partial charge in [0.05, 0.1) is 69.4 Å². The second-order valence-corrected chi connectivity index (χ2v) is 8.22. The number of aromatic nitrogens is 4. The van der Waals surface area contributed by atoms with Crippen molar-refractivity contribution >= 4 is 11.6 Å². The fourth-order valence-corrected chi connectivity index (χ4v) is 3.94. The molecule has 0 saturated carbocycles. The lowest BCUT2D eigenvalue weighted by Gasteiger charge is -2.37. The number of methoxy groups -OCH3 is 2. The van der Waals surface area contributed by atoms with Gasteiger partial charge in [0.25, 0.3) is 11.8 Å². The summed E-state index contributed by atoms with van der Waals surface area (Å²) in [5.41, 5.74) is 3.70. The number of hydrogen-bond acceptors (Lipinski definition) is 7. The largest absolute Gasteiger partial charge is 0.491 e. The molecule has 1 fully saturated rings. The molecule has 3 aromatic heterocycles. The first-order chi connectivity index (χ1) is 15.0. The van der Waals surface area contributed by atoms with Crippen LogP contribution in [0.2, 0.25) is 0 Å². The molecule has 0 aromatic carbocycles. The lowest BCUT2D eigenvalue weighted by atomic mass is 9.89. The van der Waals surface area contributed by atoms with Gasteiger partial charge in [-0.15, -0.1) is 0 Å². The molecule has 2 aliphatic rings. The summed E-state index contributed by atoms with van der Waals surface area (Å²) in [5, 5.41) is 4.44. The van der Waals surface area contributed by atoms with Gasteiger partial charge in [0, 0.05) is 23.4 Å². The molecule has 2 aliphatic heterocycles. The Hall–Kier alpha value is -3.46. The first-order valence-corrected chi connectivity index (χ1v) is 10.00. The van der Waals surface area contributed by atoms with Gasteiger partial charge in [0.1, 0.15) is 0 Å². The number of hydrogen-bond donors (Lipinski definition) is 0. The molecule has 160 valence electrons. The Kier molecular flexibility index (Phi) is 4.62. The number of fused-ring (bicyclic) bond motifs is 1. The van der Waals surface area contributed by atoms with Crippen molar-refractivity contribution in [2.24, 2.45) is 5.41 Å². The number of anilines is 1. The molecule has 5 rings (SSSR count). The third-order valence-electron chi connectivity index (χ3n) is 5.66. The van der Waals surface area contributed by atoms with E-state index < -0.39 is 0 Å². The Balaban J connectivity index is 1.39. The molecule has 0 bridgehead atoms.